The summed E-state index contributed by atoms with van der Waals surface area (Å²) in [5.41, 5.74) is 0. The van der Waals surface area contributed by atoms with Crippen molar-refractivity contribution in [3.63, 3.8) is 0 Å². The summed E-state index contributed by atoms with van der Waals surface area (Å²) >= 11 is 5.51. The van der Waals surface area contributed by atoms with Crippen LogP contribution in [0.1, 0.15) is 26.2 Å². The van der Waals surface area contributed by atoms with E-state index < -0.39 is 5.38 Å². The molecule has 0 rings (SSSR count). The highest BCUT2D eigenvalue weighted by molar-refractivity contribution is 6.30. The standard InChI is InChI=1S/C8H13ClO3/c1-6(9)7(10)4-3-5-8(11)12-2/h6H,3-5H2,1-2H3. The van der Waals surface area contributed by atoms with Gasteiger partial charge >= 0.3 is 5.97 Å². The number of ether oxygens (including phenoxy) is 1. The largest absolute Gasteiger partial charge is 0.469 e. The van der Waals surface area contributed by atoms with E-state index in [4.69, 9.17) is 11.6 Å². The number of esters is 1. The molecule has 3 nitrogen and oxygen atoms in total. The van der Waals surface area contributed by atoms with Crippen LogP contribution in [0.5, 0.6) is 0 Å². The Morgan fingerprint density at radius 1 is 1.42 bits per heavy atom. The Morgan fingerprint density at radius 2 is 2.00 bits per heavy atom. The lowest BCUT2D eigenvalue weighted by Crippen LogP contribution is -2.10. The average molecular weight is 193 g/mol. The topological polar surface area (TPSA) is 43.4 Å². The molecular formula is C8H13ClO3. The van der Waals surface area contributed by atoms with Crippen molar-refractivity contribution in [1.29, 1.82) is 0 Å². The molecule has 0 heterocycles. The highest BCUT2D eigenvalue weighted by atomic mass is 35.5. The molecule has 12 heavy (non-hydrogen) atoms. The number of hydrogen-bond acceptors (Lipinski definition) is 3. The Hall–Kier alpha value is -0.570. The van der Waals surface area contributed by atoms with Gasteiger partial charge in [0.05, 0.1) is 12.5 Å². The second-order valence-corrected chi connectivity index (χ2v) is 3.17. The number of rotatable bonds is 5. The van der Waals surface area contributed by atoms with Crippen LogP contribution in [0, 0.1) is 0 Å². The van der Waals surface area contributed by atoms with Crippen molar-refractivity contribution in [3.05, 3.63) is 0 Å². The third-order valence-corrected chi connectivity index (χ3v) is 1.72. The predicted molar refractivity (Wildman–Crippen MR) is 46.2 cm³/mol. The van der Waals surface area contributed by atoms with E-state index in [9.17, 15) is 9.59 Å². The molecule has 0 saturated heterocycles. The maximum absolute atomic E-state index is 10.9. The maximum Gasteiger partial charge on any atom is 0.305 e. The molecule has 0 radical (unpaired) electrons. The van der Waals surface area contributed by atoms with Crippen molar-refractivity contribution >= 4 is 23.4 Å². The van der Waals surface area contributed by atoms with E-state index in [2.05, 4.69) is 4.74 Å². The second kappa shape index (κ2) is 6.00. The third kappa shape index (κ3) is 5.13. The van der Waals surface area contributed by atoms with Crippen molar-refractivity contribution in [2.24, 2.45) is 0 Å². The van der Waals surface area contributed by atoms with Crippen molar-refractivity contribution in [1.82, 2.24) is 0 Å². The minimum absolute atomic E-state index is 0.0273. The molecule has 0 amide bonds. The van der Waals surface area contributed by atoms with Gasteiger partial charge in [0.15, 0.2) is 0 Å². The molecule has 0 aromatic rings. The molecular weight excluding hydrogens is 180 g/mol. The number of Topliss-reactive ketones (excluding diaryl/α,β-unsaturated/α-hetero) is 1. The molecule has 0 aromatic heterocycles. The maximum atomic E-state index is 10.9. The number of methoxy groups -OCH3 is 1. The molecule has 0 aromatic carbocycles. The molecule has 0 spiro atoms. The van der Waals surface area contributed by atoms with Crippen LogP contribution in [-0.2, 0) is 14.3 Å². The quantitative estimate of drug-likeness (QED) is 0.490. The van der Waals surface area contributed by atoms with Crippen LogP contribution < -0.4 is 0 Å². The highest BCUT2D eigenvalue weighted by Gasteiger charge is 2.09. The lowest BCUT2D eigenvalue weighted by atomic mass is 10.1. The van der Waals surface area contributed by atoms with Gasteiger partial charge < -0.3 is 4.74 Å². The van der Waals surface area contributed by atoms with Gasteiger partial charge in [0.25, 0.3) is 0 Å². The van der Waals surface area contributed by atoms with Crippen LogP contribution in [0.25, 0.3) is 0 Å². The van der Waals surface area contributed by atoms with Crippen LogP contribution in [-0.4, -0.2) is 24.2 Å². The van der Waals surface area contributed by atoms with Gasteiger partial charge in [0.1, 0.15) is 5.78 Å². The molecule has 0 saturated carbocycles. The van der Waals surface area contributed by atoms with Crippen molar-refractivity contribution in [2.45, 2.75) is 31.6 Å². The van der Waals surface area contributed by atoms with Crippen LogP contribution in [0.15, 0.2) is 0 Å². The zero-order chi connectivity index (χ0) is 9.56. The lowest BCUT2D eigenvalue weighted by molar-refractivity contribution is -0.140. The summed E-state index contributed by atoms with van der Waals surface area (Å²) < 4.78 is 4.41. The molecule has 0 aliphatic heterocycles. The van der Waals surface area contributed by atoms with Crippen molar-refractivity contribution in [2.75, 3.05) is 7.11 Å². The van der Waals surface area contributed by atoms with Gasteiger partial charge in [-0.05, 0) is 13.3 Å². The third-order valence-electron chi connectivity index (χ3n) is 1.48. The van der Waals surface area contributed by atoms with E-state index >= 15 is 0 Å². The normalized spacial score (nSPS) is 12.2. The minimum atomic E-state index is -0.456. The zero-order valence-electron chi connectivity index (χ0n) is 7.30. The number of carbonyl (C=O) groups excluding carboxylic acids is 2. The summed E-state index contributed by atoms with van der Waals surface area (Å²) in [5.74, 6) is -0.314. The lowest BCUT2D eigenvalue weighted by Gasteiger charge is -2.00. The first-order chi connectivity index (χ1) is 5.57. The Balaban J connectivity index is 3.44. The van der Waals surface area contributed by atoms with E-state index in [0.717, 1.165) is 0 Å². The van der Waals surface area contributed by atoms with E-state index in [0.29, 0.717) is 12.8 Å². The van der Waals surface area contributed by atoms with E-state index in [1.165, 1.54) is 7.11 Å². The molecule has 0 aliphatic rings. The smallest absolute Gasteiger partial charge is 0.305 e. The van der Waals surface area contributed by atoms with Crippen molar-refractivity contribution < 1.29 is 14.3 Å². The van der Waals surface area contributed by atoms with Gasteiger partial charge in [-0.3, -0.25) is 9.59 Å². The van der Waals surface area contributed by atoms with Crippen LogP contribution in [0.3, 0.4) is 0 Å². The SMILES string of the molecule is COC(=O)CCCC(=O)C(C)Cl. The number of hydrogen-bond donors (Lipinski definition) is 0. The van der Waals surface area contributed by atoms with Gasteiger partial charge in [-0.25, -0.2) is 0 Å². The molecule has 70 valence electrons. The number of ketones is 1. The average Bonchev–Trinajstić information content (AvgIpc) is 2.03. The summed E-state index contributed by atoms with van der Waals surface area (Å²) in [6.45, 7) is 1.63. The summed E-state index contributed by atoms with van der Waals surface area (Å²) in [5, 5.41) is -0.456. The van der Waals surface area contributed by atoms with Gasteiger partial charge in [-0.15, -0.1) is 11.6 Å². The Bertz CT molecular complexity index is 166. The monoisotopic (exact) mass is 192 g/mol. The van der Waals surface area contributed by atoms with E-state index in [1.54, 1.807) is 6.92 Å². The molecule has 4 heteroatoms. The van der Waals surface area contributed by atoms with E-state index in [1.807, 2.05) is 0 Å². The van der Waals surface area contributed by atoms with Crippen LogP contribution in [0.2, 0.25) is 0 Å². The molecule has 1 unspecified atom stereocenters. The number of halogens is 1. The predicted octanol–water partition coefficient (Wildman–Crippen LogP) is 1.53. The van der Waals surface area contributed by atoms with Gasteiger partial charge in [-0.2, -0.15) is 0 Å². The van der Waals surface area contributed by atoms with Gasteiger partial charge in [-0.1, -0.05) is 0 Å². The Morgan fingerprint density at radius 3 is 2.42 bits per heavy atom. The first-order valence-electron chi connectivity index (χ1n) is 3.81. The van der Waals surface area contributed by atoms with E-state index in [-0.39, 0.29) is 18.2 Å². The summed E-state index contributed by atoms with van der Waals surface area (Å²) in [4.78, 5) is 21.5. The fourth-order valence-corrected chi connectivity index (χ4v) is 0.817. The van der Waals surface area contributed by atoms with Crippen LogP contribution in [0.4, 0.5) is 0 Å². The molecule has 1 atom stereocenters. The first-order valence-corrected chi connectivity index (χ1v) is 4.25. The van der Waals surface area contributed by atoms with Gasteiger partial charge in [0.2, 0.25) is 0 Å². The zero-order valence-corrected chi connectivity index (χ0v) is 8.06. The fraction of sp³-hybridized carbons (Fsp3) is 0.750. The number of alkyl halides is 1. The summed E-state index contributed by atoms with van der Waals surface area (Å²) in [7, 11) is 1.33. The Labute approximate surface area is 77.0 Å². The Kier molecular flexibility index (Phi) is 5.72. The number of carbonyl (C=O) groups is 2. The van der Waals surface area contributed by atoms with Gasteiger partial charge in [0, 0.05) is 12.8 Å². The van der Waals surface area contributed by atoms with Crippen molar-refractivity contribution in [3.8, 4) is 0 Å². The first kappa shape index (κ1) is 11.4. The fourth-order valence-electron chi connectivity index (χ4n) is 0.708. The minimum Gasteiger partial charge on any atom is -0.469 e. The summed E-state index contributed by atoms with van der Waals surface area (Å²) in [6, 6.07) is 0. The molecule has 0 aliphatic carbocycles. The molecule has 0 bridgehead atoms. The molecule has 0 fully saturated rings. The second-order valence-electron chi connectivity index (χ2n) is 2.51. The summed E-state index contributed by atoms with van der Waals surface area (Å²) in [6.07, 6.45) is 1.15. The van der Waals surface area contributed by atoms with Crippen LogP contribution >= 0.6 is 11.6 Å². The highest BCUT2D eigenvalue weighted by Crippen LogP contribution is 2.04. The molecule has 0 N–H and O–H groups in total.